The molecule has 1 aliphatic heterocycles. The third-order valence-corrected chi connectivity index (χ3v) is 5.54. The van der Waals surface area contributed by atoms with Gasteiger partial charge in [-0.05, 0) is 6.42 Å². The van der Waals surface area contributed by atoms with Gasteiger partial charge in [0.25, 0.3) is 0 Å². The smallest absolute Gasteiger partial charge is 0.117 e. The zero-order valence-electron chi connectivity index (χ0n) is 9.64. The second-order valence-corrected chi connectivity index (χ2v) is 6.28. The van der Waals surface area contributed by atoms with E-state index in [0.717, 1.165) is 13.0 Å². The van der Waals surface area contributed by atoms with Crippen LogP contribution in [0.5, 0.6) is 0 Å². The van der Waals surface area contributed by atoms with E-state index in [9.17, 15) is 5.26 Å². The third kappa shape index (κ3) is 1.90. The Labute approximate surface area is 110 Å². The highest BCUT2D eigenvalue weighted by Crippen LogP contribution is 2.38. The van der Waals surface area contributed by atoms with Crippen molar-refractivity contribution in [1.82, 2.24) is 0 Å². The Morgan fingerprint density at radius 1 is 1.35 bits per heavy atom. The summed E-state index contributed by atoms with van der Waals surface area (Å²) in [4.78, 5) is 2.13. The van der Waals surface area contributed by atoms with Crippen LogP contribution < -0.4 is 4.90 Å². The first-order chi connectivity index (χ1) is 8.29. The summed E-state index contributed by atoms with van der Waals surface area (Å²) in [5.74, 6) is 0.945. The lowest BCUT2D eigenvalue weighted by Crippen LogP contribution is -3.14. The number of nitrogens with zero attached hydrogens (tertiary/aromatic N) is 1. The molecule has 2 aliphatic rings. The van der Waals surface area contributed by atoms with E-state index in [4.69, 9.17) is 0 Å². The van der Waals surface area contributed by atoms with Crippen LogP contribution in [0.1, 0.15) is 12.0 Å². The fraction of sp³-hybridized carbons (Fsp3) is 0.500. The van der Waals surface area contributed by atoms with Gasteiger partial charge < -0.3 is 4.90 Å². The number of piperidine rings is 1. The number of hydrogen-bond acceptors (Lipinski definition) is 1. The lowest BCUT2D eigenvalue weighted by atomic mass is 9.99. The summed E-state index contributed by atoms with van der Waals surface area (Å²) < 4.78 is 0. The molecule has 5 atom stereocenters. The molecule has 88 valence electrons. The quantitative estimate of drug-likeness (QED) is 0.820. The molecule has 1 aromatic rings. The van der Waals surface area contributed by atoms with Crippen molar-refractivity contribution in [2.75, 3.05) is 6.54 Å². The predicted octanol–water partition coefficient (Wildman–Crippen LogP) is 1.38. The van der Waals surface area contributed by atoms with Crippen molar-refractivity contribution < 1.29 is 4.90 Å². The predicted molar refractivity (Wildman–Crippen MR) is 69.7 cm³/mol. The van der Waals surface area contributed by atoms with Crippen LogP contribution in [0.4, 0.5) is 0 Å². The van der Waals surface area contributed by atoms with Crippen LogP contribution in [0.25, 0.3) is 0 Å². The molecular formula is C14H16BrN2+. The van der Waals surface area contributed by atoms with Crippen LogP contribution in [0.15, 0.2) is 30.3 Å². The van der Waals surface area contributed by atoms with Gasteiger partial charge in [0.05, 0.1) is 23.4 Å². The van der Waals surface area contributed by atoms with E-state index in [1.54, 1.807) is 4.90 Å². The molecule has 1 heterocycles. The Bertz CT molecular complexity index is 439. The molecule has 17 heavy (non-hydrogen) atoms. The molecule has 2 bridgehead atoms. The van der Waals surface area contributed by atoms with E-state index >= 15 is 0 Å². The summed E-state index contributed by atoms with van der Waals surface area (Å²) in [5.41, 5.74) is 1.38. The summed E-state index contributed by atoms with van der Waals surface area (Å²) in [6.45, 7) is 2.27. The number of halogens is 1. The SMILES string of the molecule is N#C[C@H]1C[C@@H]2C[NH+](Cc3ccccc3)[C@H]1[C@@H]2Br. The average Bonchev–Trinajstić information content (AvgIpc) is 2.83. The van der Waals surface area contributed by atoms with Crippen LogP contribution in [-0.2, 0) is 6.54 Å². The van der Waals surface area contributed by atoms with E-state index in [1.807, 2.05) is 0 Å². The number of nitrogens with one attached hydrogen (secondary N) is 1. The van der Waals surface area contributed by atoms with Gasteiger partial charge in [-0.15, -0.1) is 0 Å². The van der Waals surface area contributed by atoms with E-state index in [-0.39, 0.29) is 5.92 Å². The molecule has 1 saturated heterocycles. The minimum absolute atomic E-state index is 0.247. The number of quaternary nitrogens is 1. The molecule has 0 spiro atoms. The van der Waals surface area contributed by atoms with E-state index in [2.05, 4.69) is 52.3 Å². The minimum atomic E-state index is 0.247. The lowest BCUT2D eigenvalue weighted by Gasteiger charge is -2.27. The number of hydrogen-bond donors (Lipinski definition) is 1. The molecule has 1 aromatic carbocycles. The molecular weight excluding hydrogens is 276 g/mol. The Morgan fingerprint density at radius 3 is 2.76 bits per heavy atom. The van der Waals surface area contributed by atoms with Crippen molar-refractivity contribution in [3.05, 3.63) is 35.9 Å². The van der Waals surface area contributed by atoms with Gasteiger partial charge in [-0.2, -0.15) is 5.26 Å². The summed E-state index contributed by atoms with van der Waals surface area (Å²) in [6.07, 6.45) is 1.09. The van der Waals surface area contributed by atoms with Gasteiger partial charge >= 0.3 is 0 Å². The second-order valence-electron chi connectivity index (χ2n) is 5.23. The van der Waals surface area contributed by atoms with Crippen LogP contribution in [-0.4, -0.2) is 17.4 Å². The summed E-state index contributed by atoms with van der Waals surface area (Å²) in [7, 11) is 0. The molecule has 0 aromatic heterocycles. The van der Waals surface area contributed by atoms with Gasteiger partial charge in [-0.25, -0.2) is 0 Å². The van der Waals surface area contributed by atoms with Crippen molar-refractivity contribution in [3.63, 3.8) is 0 Å². The third-order valence-electron chi connectivity index (χ3n) is 4.22. The Hall–Kier alpha value is -0.850. The Kier molecular flexibility index (Phi) is 2.94. The van der Waals surface area contributed by atoms with Crippen molar-refractivity contribution in [3.8, 4) is 6.07 Å². The van der Waals surface area contributed by atoms with Gasteiger partial charge in [-0.1, -0.05) is 46.3 Å². The monoisotopic (exact) mass is 291 g/mol. The average molecular weight is 292 g/mol. The van der Waals surface area contributed by atoms with E-state index < -0.39 is 0 Å². The van der Waals surface area contributed by atoms with Crippen LogP contribution in [0.2, 0.25) is 0 Å². The maximum Gasteiger partial charge on any atom is 0.117 e. The highest BCUT2D eigenvalue weighted by molar-refractivity contribution is 9.09. The van der Waals surface area contributed by atoms with Gasteiger partial charge in [0.2, 0.25) is 0 Å². The topological polar surface area (TPSA) is 28.2 Å². The Balaban J connectivity index is 1.76. The number of likely N-dealkylation sites (tertiary alicyclic amines) is 1. The standard InChI is InChI=1S/C14H15BrN2/c15-13-12-6-11(7-16)14(13)17(9-12)8-10-4-2-1-3-5-10/h1-5,11-14H,6,8-9H2/p+1/t11-,12-,13-,14-/m1/s1. The van der Waals surface area contributed by atoms with Crippen molar-refractivity contribution in [1.29, 1.82) is 5.26 Å². The van der Waals surface area contributed by atoms with Crippen LogP contribution >= 0.6 is 15.9 Å². The fourth-order valence-corrected chi connectivity index (χ4v) is 4.62. The van der Waals surface area contributed by atoms with E-state index in [1.165, 1.54) is 12.1 Å². The zero-order valence-corrected chi connectivity index (χ0v) is 11.2. The molecule has 1 N–H and O–H groups in total. The molecule has 3 heteroatoms. The van der Waals surface area contributed by atoms with Gasteiger partial charge in [0.1, 0.15) is 12.6 Å². The van der Waals surface area contributed by atoms with Gasteiger partial charge in [0.15, 0.2) is 0 Å². The van der Waals surface area contributed by atoms with E-state index in [0.29, 0.717) is 16.8 Å². The number of benzene rings is 1. The van der Waals surface area contributed by atoms with Crippen LogP contribution in [0.3, 0.4) is 0 Å². The molecule has 3 rings (SSSR count). The zero-order chi connectivity index (χ0) is 11.8. The summed E-state index contributed by atoms with van der Waals surface area (Å²) >= 11 is 3.79. The minimum Gasteiger partial charge on any atom is -0.326 e. The summed E-state index contributed by atoms with van der Waals surface area (Å²) in [6, 6.07) is 13.6. The molecule has 0 radical (unpaired) electrons. The highest BCUT2D eigenvalue weighted by atomic mass is 79.9. The highest BCUT2D eigenvalue weighted by Gasteiger charge is 2.55. The molecule has 2 fully saturated rings. The number of nitriles is 1. The maximum atomic E-state index is 9.21. The molecule has 1 unspecified atom stereocenters. The maximum absolute atomic E-state index is 9.21. The summed E-state index contributed by atoms with van der Waals surface area (Å²) in [5, 5.41) is 9.21. The fourth-order valence-electron chi connectivity index (χ4n) is 3.48. The number of rotatable bonds is 2. The molecule has 1 saturated carbocycles. The molecule has 0 amide bonds. The first-order valence-corrected chi connectivity index (χ1v) is 7.13. The van der Waals surface area contributed by atoms with Crippen molar-refractivity contribution in [2.45, 2.75) is 23.8 Å². The largest absolute Gasteiger partial charge is 0.326 e. The molecule has 1 aliphatic carbocycles. The first kappa shape index (κ1) is 11.3. The molecule has 2 nitrogen and oxygen atoms in total. The normalized spacial score (nSPS) is 39.2. The van der Waals surface area contributed by atoms with Gasteiger partial charge in [-0.3, -0.25) is 0 Å². The second kappa shape index (κ2) is 4.44. The van der Waals surface area contributed by atoms with Crippen molar-refractivity contribution in [2.24, 2.45) is 11.8 Å². The van der Waals surface area contributed by atoms with Crippen LogP contribution in [0, 0.1) is 23.2 Å². The van der Waals surface area contributed by atoms with Gasteiger partial charge in [0, 0.05) is 11.5 Å². The van der Waals surface area contributed by atoms with Crippen molar-refractivity contribution >= 4 is 15.9 Å². The first-order valence-electron chi connectivity index (χ1n) is 6.22. The number of alkyl halides is 1. The lowest BCUT2D eigenvalue weighted by molar-refractivity contribution is -0.933. The Morgan fingerprint density at radius 2 is 2.12 bits per heavy atom. The number of fused-ring (bicyclic) bond motifs is 2.